The van der Waals surface area contributed by atoms with Gasteiger partial charge in [-0.3, -0.25) is 9.69 Å². The lowest BCUT2D eigenvalue weighted by atomic mass is 9.90. The van der Waals surface area contributed by atoms with Gasteiger partial charge in [0.1, 0.15) is 0 Å². The van der Waals surface area contributed by atoms with Gasteiger partial charge < -0.3 is 9.80 Å². The van der Waals surface area contributed by atoms with Crippen molar-refractivity contribution in [3.05, 3.63) is 69.8 Å². The molecule has 2 aliphatic rings. The fraction of sp³-hybridized carbons (Fsp3) is 0.562. The molecule has 0 N–H and O–H groups in total. The molecule has 49 heavy (non-hydrogen) atoms. The molecule has 2 aliphatic heterocycles. The van der Waals surface area contributed by atoms with E-state index in [0.717, 1.165) is 42.9 Å². The third-order valence-electron chi connectivity index (χ3n) is 9.12. The number of nitrogens with zero attached hydrogens (tertiary/aromatic N) is 7. The molecule has 0 saturated carbocycles. The van der Waals surface area contributed by atoms with Gasteiger partial charge in [-0.05, 0) is 97.4 Å². The fourth-order valence-electron chi connectivity index (χ4n) is 6.71. The van der Waals surface area contributed by atoms with Crippen molar-refractivity contribution in [3.63, 3.8) is 0 Å². The third-order valence-corrected chi connectivity index (χ3v) is 9.12. The maximum atomic E-state index is 14.0. The molecule has 2 fully saturated rings. The Morgan fingerprint density at radius 3 is 1.94 bits per heavy atom. The first-order chi connectivity index (χ1) is 22.9. The molecule has 8 nitrogen and oxygen atoms in total. The summed E-state index contributed by atoms with van der Waals surface area (Å²) in [6.45, 7) is 3.39. The third kappa shape index (κ3) is 8.65. The Balaban J connectivity index is 1.49. The number of alkyl halides is 9. The maximum Gasteiger partial charge on any atom is 0.416 e. The van der Waals surface area contributed by atoms with E-state index >= 15 is 0 Å². The van der Waals surface area contributed by atoms with Crippen LogP contribution in [0.1, 0.15) is 78.5 Å². The Kier molecular flexibility index (Phi) is 10.5. The second kappa shape index (κ2) is 14.2. The summed E-state index contributed by atoms with van der Waals surface area (Å²) >= 11 is 0. The second-order valence-corrected chi connectivity index (χ2v) is 12.5. The van der Waals surface area contributed by atoms with Crippen LogP contribution in [0.2, 0.25) is 0 Å². The first kappa shape index (κ1) is 36.4. The zero-order chi connectivity index (χ0) is 35.7. The molecule has 17 heteroatoms. The van der Waals surface area contributed by atoms with Crippen molar-refractivity contribution in [2.45, 2.75) is 76.7 Å². The highest BCUT2D eigenvalue weighted by Crippen LogP contribution is 2.39. The van der Waals surface area contributed by atoms with E-state index in [9.17, 15) is 44.3 Å². The predicted octanol–water partition coefficient (Wildman–Crippen LogP) is 7.26. The van der Waals surface area contributed by atoms with Crippen LogP contribution in [0.5, 0.6) is 0 Å². The fourth-order valence-corrected chi connectivity index (χ4v) is 6.71. The van der Waals surface area contributed by atoms with Crippen molar-refractivity contribution in [1.29, 1.82) is 0 Å². The van der Waals surface area contributed by atoms with E-state index in [0.29, 0.717) is 50.0 Å². The number of halogens is 9. The van der Waals surface area contributed by atoms with Gasteiger partial charge in [0.15, 0.2) is 0 Å². The van der Waals surface area contributed by atoms with Gasteiger partial charge in [0.2, 0.25) is 5.91 Å². The number of benzene rings is 2. The number of anilines is 1. The summed E-state index contributed by atoms with van der Waals surface area (Å²) in [7, 11) is 1.39. The molecule has 0 radical (unpaired) electrons. The second-order valence-electron chi connectivity index (χ2n) is 12.5. The molecular weight excluding hydrogens is 669 g/mol. The lowest BCUT2D eigenvalue weighted by Crippen LogP contribution is -2.43. The maximum absolute atomic E-state index is 14.0. The van der Waals surface area contributed by atoms with Crippen molar-refractivity contribution in [3.8, 4) is 0 Å². The minimum atomic E-state index is -5.10. The number of tetrazole rings is 1. The number of hydrogen-bond donors (Lipinski definition) is 0. The van der Waals surface area contributed by atoms with E-state index in [-0.39, 0.29) is 42.0 Å². The largest absolute Gasteiger partial charge is 0.416 e. The van der Waals surface area contributed by atoms with Gasteiger partial charge in [0, 0.05) is 38.1 Å². The number of hydrogen-bond acceptors (Lipinski definition) is 6. The van der Waals surface area contributed by atoms with E-state index in [1.807, 2.05) is 11.8 Å². The van der Waals surface area contributed by atoms with Crippen molar-refractivity contribution in [1.82, 2.24) is 30.0 Å². The monoisotopic (exact) mass is 705 g/mol. The first-order valence-electron chi connectivity index (χ1n) is 15.9. The summed E-state index contributed by atoms with van der Waals surface area (Å²) in [5, 5.41) is 11.7. The first-order valence-corrected chi connectivity index (χ1v) is 15.9. The van der Waals surface area contributed by atoms with Crippen LogP contribution in [0.25, 0.3) is 0 Å². The molecule has 3 heterocycles. The molecule has 0 spiro atoms. The van der Waals surface area contributed by atoms with Gasteiger partial charge in [0.05, 0.1) is 23.7 Å². The zero-order valence-corrected chi connectivity index (χ0v) is 26.8. The number of piperidine rings is 1. The topological polar surface area (TPSA) is 70.4 Å². The van der Waals surface area contributed by atoms with Gasteiger partial charge in [-0.15, -0.1) is 5.10 Å². The van der Waals surface area contributed by atoms with E-state index in [1.165, 1.54) is 18.0 Å². The normalized spacial score (nSPS) is 17.5. The molecule has 1 aromatic heterocycles. The SMILES string of the molecule is CCC(c1ccc(C(F)(F)F)cc1CN(Cc1cc(C(F)(F)F)cc(C(F)(F)F)c1)c1nnn(C)n1)N1CCC(C(=O)N2CCCC2)CC1. The van der Waals surface area contributed by atoms with E-state index in [4.69, 9.17) is 0 Å². The Morgan fingerprint density at radius 2 is 1.43 bits per heavy atom. The van der Waals surface area contributed by atoms with Crippen LogP contribution in [-0.2, 0) is 43.5 Å². The predicted molar refractivity (Wildman–Crippen MR) is 160 cm³/mol. The smallest absolute Gasteiger partial charge is 0.342 e. The van der Waals surface area contributed by atoms with Gasteiger partial charge in [-0.1, -0.05) is 18.1 Å². The van der Waals surface area contributed by atoms with Gasteiger partial charge in [-0.25, -0.2) is 0 Å². The Morgan fingerprint density at radius 1 is 0.837 bits per heavy atom. The molecule has 1 amide bonds. The van der Waals surface area contributed by atoms with Crippen LogP contribution < -0.4 is 4.90 Å². The van der Waals surface area contributed by atoms with E-state index in [2.05, 4.69) is 20.3 Å². The van der Waals surface area contributed by atoms with Gasteiger partial charge in [0.25, 0.3) is 5.95 Å². The number of carbonyl (C=O) groups excluding carboxylic acids is 1. The van der Waals surface area contributed by atoms with Crippen molar-refractivity contribution in [2.75, 3.05) is 31.1 Å². The number of carbonyl (C=O) groups is 1. The molecule has 0 aliphatic carbocycles. The van der Waals surface area contributed by atoms with E-state index < -0.39 is 47.3 Å². The average Bonchev–Trinajstić information content (AvgIpc) is 3.73. The molecule has 0 bridgehead atoms. The number of aromatic nitrogens is 4. The van der Waals surface area contributed by atoms with E-state index in [1.54, 1.807) is 0 Å². The van der Waals surface area contributed by atoms with Crippen LogP contribution >= 0.6 is 0 Å². The van der Waals surface area contributed by atoms with Crippen LogP contribution in [0, 0.1) is 5.92 Å². The molecule has 3 aromatic rings. The molecule has 1 unspecified atom stereocenters. The Hall–Kier alpha value is -3.89. The summed E-state index contributed by atoms with van der Waals surface area (Å²) in [5.41, 5.74) is -3.77. The number of aryl methyl sites for hydroxylation is 1. The highest BCUT2D eigenvalue weighted by Gasteiger charge is 2.38. The van der Waals surface area contributed by atoms with Crippen LogP contribution in [0.3, 0.4) is 0 Å². The minimum Gasteiger partial charge on any atom is -0.342 e. The van der Waals surface area contributed by atoms with Crippen LogP contribution in [-0.4, -0.2) is 62.1 Å². The summed E-state index contributed by atoms with van der Waals surface area (Å²) < 4.78 is 124. The average molecular weight is 706 g/mol. The minimum absolute atomic E-state index is 0.00699. The van der Waals surface area contributed by atoms with Crippen LogP contribution in [0.15, 0.2) is 36.4 Å². The Bertz CT molecular complexity index is 1570. The van der Waals surface area contributed by atoms with Gasteiger partial charge in [-0.2, -0.15) is 44.3 Å². The summed E-state index contributed by atoms with van der Waals surface area (Å²) in [4.78, 5) is 19.2. The van der Waals surface area contributed by atoms with Gasteiger partial charge >= 0.3 is 18.5 Å². The van der Waals surface area contributed by atoms with Crippen LogP contribution in [0.4, 0.5) is 45.5 Å². The lowest BCUT2D eigenvalue weighted by molar-refractivity contribution is -0.143. The highest BCUT2D eigenvalue weighted by atomic mass is 19.4. The molecule has 5 rings (SSSR count). The molecule has 1 atom stereocenters. The lowest BCUT2D eigenvalue weighted by Gasteiger charge is -2.39. The number of amides is 1. The standard InChI is InChI=1S/C32H36F9N7O/c1-3-27(46-12-8-21(9-13-46)28(49)47-10-4-5-11-47)26-7-6-23(30(33,34)35)16-22(26)19-48(29-42-44-45(2)43-29)18-20-14-24(31(36,37)38)17-25(15-20)32(39,40)41/h6-7,14-17,21,27H,3-5,8-13,18-19H2,1-2H3. The number of rotatable bonds is 9. The molecule has 2 saturated heterocycles. The van der Waals surface area contributed by atoms with Crippen molar-refractivity contribution < 1.29 is 44.3 Å². The van der Waals surface area contributed by atoms with Crippen molar-refractivity contribution >= 4 is 11.9 Å². The summed E-state index contributed by atoms with van der Waals surface area (Å²) in [5.74, 6) is -0.229. The number of likely N-dealkylation sites (tertiary alicyclic amines) is 2. The zero-order valence-electron chi connectivity index (χ0n) is 26.8. The Labute approximate surface area is 276 Å². The molecule has 268 valence electrons. The highest BCUT2D eigenvalue weighted by molar-refractivity contribution is 5.79. The summed E-state index contributed by atoms with van der Waals surface area (Å²) in [6.07, 6.45) is -11.4. The summed E-state index contributed by atoms with van der Waals surface area (Å²) in [6, 6.07) is 4.01. The molecule has 2 aromatic carbocycles. The molecular formula is C32H36F9N7O. The quantitative estimate of drug-likeness (QED) is 0.219. The van der Waals surface area contributed by atoms with Crippen molar-refractivity contribution in [2.24, 2.45) is 13.0 Å².